The first kappa shape index (κ1) is 31.5. The van der Waals surface area contributed by atoms with Crippen LogP contribution in [0.1, 0.15) is 16.7 Å². The highest BCUT2D eigenvalue weighted by atomic mass is 35.5. The van der Waals surface area contributed by atoms with E-state index in [1.165, 1.54) is 11.8 Å². The van der Waals surface area contributed by atoms with Gasteiger partial charge in [-0.15, -0.1) is 0 Å². The quantitative estimate of drug-likeness (QED) is 0.264. The molecule has 1 aromatic heterocycles. The van der Waals surface area contributed by atoms with E-state index in [0.29, 0.717) is 29.0 Å². The normalized spacial score (nSPS) is 14.7. The van der Waals surface area contributed by atoms with Gasteiger partial charge in [0, 0.05) is 45.3 Å². The third kappa shape index (κ3) is 8.22. The van der Waals surface area contributed by atoms with Crippen molar-refractivity contribution in [1.29, 1.82) is 0 Å². The molecule has 1 unspecified atom stereocenters. The molecule has 1 atom stereocenters. The first-order chi connectivity index (χ1) is 18.4. The highest BCUT2D eigenvalue weighted by Gasteiger charge is 2.20. The Morgan fingerprint density at radius 1 is 0.875 bits per heavy atom. The molecule has 1 aliphatic heterocycles. The molecule has 0 saturated carbocycles. The van der Waals surface area contributed by atoms with Crippen molar-refractivity contribution in [2.45, 2.75) is 26.5 Å². The summed E-state index contributed by atoms with van der Waals surface area (Å²) in [6.45, 7) is 9.41. The number of piperazine rings is 1. The molecule has 0 spiro atoms. The van der Waals surface area contributed by atoms with Crippen LogP contribution in [0.15, 0.2) is 82.2 Å². The van der Waals surface area contributed by atoms with E-state index in [9.17, 15) is 9.90 Å². The van der Waals surface area contributed by atoms with E-state index in [0.717, 1.165) is 43.9 Å². The van der Waals surface area contributed by atoms with Crippen LogP contribution in [0, 0.1) is 13.8 Å². The summed E-state index contributed by atoms with van der Waals surface area (Å²) >= 11 is 0. The number of benzene rings is 3. The van der Waals surface area contributed by atoms with Crippen LogP contribution in [0.3, 0.4) is 0 Å². The minimum Gasteiger partial charge on any atom is -1.00 e. The van der Waals surface area contributed by atoms with Crippen molar-refractivity contribution in [1.82, 2.24) is 9.80 Å². The van der Waals surface area contributed by atoms with Gasteiger partial charge in [0.1, 0.15) is 36.1 Å². The molecule has 40 heavy (non-hydrogen) atoms. The van der Waals surface area contributed by atoms with Crippen LogP contribution in [0.4, 0.5) is 0 Å². The summed E-state index contributed by atoms with van der Waals surface area (Å²) in [5, 5.41) is 11.0. The van der Waals surface area contributed by atoms with Crippen LogP contribution < -0.4 is 39.7 Å². The molecule has 1 saturated heterocycles. The minimum absolute atomic E-state index is 0. The molecule has 2 heterocycles. The van der Waals surface area contributed by atoms with Gasteiger partial charge in [-0.25, -0.2) is 0 Å². The van der Waals surface area contributed by atoms with Gasteiger partial charge in [-0.2, -0.15) is 0 Å². The summed E-state index contributed by atoms with van der Waals surface area (Å²) < 4.78 is 17.3. The molecular formula is C31H34Cl2N2O5-2. The fourth-order valence-electron chi connectivity index (χ4n) is 4.88. The third-order valence-electron chi connectivity index (χ3n) is 6.76. The minimum atomic E-state index is -0.619. The van der Waals surface area contributed by atoms with Crippen molar-refractivity contribution in [3.8, 4) is 17.2 Å². The summed E-state index contributed by atoms with van der Waals surface area (Å²) in [5.41, 5.74) is 3.59. The predicted octanol–water partition coefficient (Wildman–Crippen LogP) is -1.23. The van der Waals surface area contributed by atoms with E-state index < -0.39 is 6.10 Å². The number of nitrogens with zero attached hydrogens (tertiary/aromatic N) is 2. The summed E-state index contributed by atoms with van der Waals surface area (Å²) in [6.07, 6.45) is 0.713. The lowest BCUT2D eigenvalue weighted by Gasteiger charge is -2.35. The number of hydrogen-bond donors (Lipinski definition) is 1. The van der Waals surface area contributed by atoms with E-state index in [4.69, 9.17) is 13.9 Å². The standard InChI is InChI=1S/C31H34N2O5.2ClH/c1-22-14-23(2)16-27(15-22)38-30-21-37-29-17-26(8-9-28(29)31(30)35)36-20-25(34)19-33-12-10-32(11-13-33)18-24-6-4-3-5-7-24;;/h3-9,14-17,21,25,34H,10-13,18-20H2,1-2H3;2*1H/p-2. The molecule has 0 aliphatic carbocycles. The van der Waals surface area contributed by atoms with Crippen LogP contribution in [0.2, 0.25) is 0 Å². The first-order valence-electron chi connectivity index (χ1n) is 13.0. The molecule has 214 valence electrons. The predicted molar refractivity (Wildman–Crippen MR) is 148 cm³/mol. The molecule has 1 aliphatic rings. The number of aryl methyl sites for hydroxylation is 2. The molecule has 0 amide bonds. The molecule has 5 rings (SSSR count). The van der Waals surface area contributed by atoms with Crippen molar-refractivity contribution in [2.24, 2.45) is 0 Å². The van der Waals surface area contributed by atoms with Gasteiger partial charge >= 0.3 is 0 Å². The van der Waals surface area contributed by atoms with Crippen LogP contribution in [-0.4, -0.2) is 60.3 Å². The Bertz CT molecular complexity index is 1420. The molecule has 1 N–H and O–H groups in total. The van der Waals surface area contributed by atoms with Crippen molar-refractivity contribution in [3.63, 3.8) is 0 Å². The van der Waals surface area contributed by atoms with E-state index in [1.54, 1.807) is 18.2 Å². The van der Waals surface area contributed by atoms with Crippen molar-refractivity contribution >= 4 is 11.0 Å². The van der Waals surface area contributed by atoms with Crippen LogP contribution in [0.25, 0.3) is 11.0 Å². The van der Waals surface area contributed by atoms with Gasteiger partial charge in [0.2, 0.25) is 11.2 Å². The number of ether oxygens (including phenoxy) is 2. The molecule has 3 aromatic carbocycles. The molecular weight excluding hydrogens is 551 g/mol. The second kappa shape index (κ2) is 14.5. The van der Waals surface area contributed by atoms with Crippen molar-refractivity contribution in [3.05, 3.63) is 99.9 Å². The lowest BCUT2D eigenvalue weighted by atomic mass is 10.1. The van der Waals surface area contributed by atoms with E-state index in [2.05, 4.69) is 34.1 Å². The number of aliphatic hydroxyl groups excluding tert-OH is 1. The largest absolute Gasteiger partial charge is 1.00 e. The Morgan fingerprint density at radius 3 is 2.25 bits per heavy atom. The average molecular weight is 586 g/mol. The monoisotopic (exact) mass is 584 g/mol. The molecule has 4 aromatic rings. The maximum atomic E-state index is 13.0. The number of aliphatic hydroxyl groups is 1. The Morgan fingerprint density at radius 2 is 1.55 bits per heavy atom. The summed E-state index contributed by atoms with van der Waals surface area (Å²) in [7, 11) is 0. The zero-order valence-electron chi connectivity index (χ0n) is 22.7. The lowest BCUT2D eigenvalue weighted by Crippen LogP contribution is -3.00. The fourth-order valence-corrected chi connectivity index (χ4v) is 4.88. The summed E-state index contributed by atoms with van der Waals surface area (Å²) in [5.74, 6) is 1.27. The van der Waals surface area contributed by atoms with E-state index in [-0.39, 0.29) is 42.6 Å². The van der Waals surface area contributed by atoms with Gasteiger partial charge in [0.05, 0.1) is 5.39 Å². The van der Waals surface area contributed by atoms with Crippen LogP contribution >= 0.6 is 0 Å². The Kier molecular flexibility index (Phi) is 11.4. The average Bonchev–Trinajstić information content (AvgIpc) is 2.90. The Hall–Kier alpha value is -3.07. The topological polar surface area (TPSA) is 75.4 Å². The summed E-state index contributed by atoms with van der Waals surface area (Å²) in [6, 6.07) is 21.4. The molecule has 9 heteroatoms. The van der Waals surface area contributed by atoms with Gasteiger partial charge in [0.25, 0.3) is 0 Å². The molecule has 7 nitrogen and oxygen atoms in total. The number of β-amino-alcohol motifs (C(OH)–C–C–N with tert-alkyl or cyclic N) is 1. The molecule has 0 bridgehead atoms. The van der Waals surface area contributed by atoms with Gasteiger partial charge in [-0.1, -0.05) is 36.4 Å². The number of hydrogen-bond acceptors (Lipinski definition) is 7. The number of fused-ring (bicyclic) bond motifs is 1. The van der Waals surface area contributed by atoms with Gasteiger partial charge in [0.15, 0.2) is 0 Å². The molecule has 1 fully saturated rings. The van der Waals surface area contributed by atoms with E-state index in [1.807, 2.05) is 38.1 Å². The molecule has 0 radical (unpaired) electrons. The number of rotatable bonds is 9. The van der Waals surface area contributed by atoms with Crippen LogP contribution in [0.5, 0.6) is 17.2 Å². The number of halogens is 2. The maximum Gasteiger partial charge on any atom is 0.235 e. The second-order valence-electron chi connectivity index (χ2n) is 10.0. The van der Waals surface area contributed by atoms with Gasteiger partial charge in [-0.05, 0) is 54.8 Å². The zero-order valence-corrected chi connectivity index (χ0v) is 24.2. The SMILES string of the molecule is Cc1cc(C)cc(Oc2coc3cc(OCC(O)CN4CCN(Cc5ccccc5)CC4)ccc3c2=O)c1.[Cl-].[Cl-]. The zero-order chi connectivity index (χ0) is 26.5. The Balaban J connectivity index is 0.00000220. The second-order valence-corrected chi connectivity index (χ2v) is 10.0. The van der Waals surface area contributed by atoms with Gasteiger partial charge in [-0.3, -0.25) is 14.6 Å². The van der Waals surface area contributed by atoms with E-state index >= 15 is 0 Å². The van der Waals surface area contributed by atoms with Gasteiger partial charge < -0.3 is 43.8 Å². The smallest absolute Gasteiger partial charge is 0.235 e. The van der Waals surface area contributed by atoms with Crippen molar-refractivity contribution < 1.29 is 43.8 Å². The highest BCUT2D eigenvalue weighted by molar-refractivity contribution is 5.79. The highest BCUT2D eigenvalue weighted by Crippen LogP contribution is 2.25. The maximum absolute atomic E-state index is 13.0. The van der Waals surface area contributed by atoms with Crippen molar-refractivity contribution in [2.75, 3.05) is 39.3 Å². The first-order valence-corrected chi connectivity index (χ1v) is 13.0. The summed E-state index contributed by atoms with van der Waals surface area (Å²) in [4.78, 5) is 17.7. The van der Waals surface area contributed by atoms with Crippen LogP contribution in [-0.2, 0) is 6.54 Å². The Labute approximate surface area is 247 Å². The fraction of sp³-hybridized carbons (Fsp3) is 0.323. The third-order valence-corrected chi connectivity index (χ3v) is 6.76. The lowest BCUT2D eigenvalue weighted by molar-refractivity contribution is -0.001000.